The zero-order valence-corrected chi connectivity index (χ0v) is 11.9. The topological polar surface area (TPSA) is 45.8 Å². The average Bonchev–Trinajstić information content (AvgIpc) is 2.80. The van der Waals surface area contributed by atoms with Gasteiger partial charge in [-0.1, -0.05) is 13.8 Å². The summed E-state index contributed by atoms with van der Waals surface area (Å²) in [6.07, 6.45) is 2.50. The maximum atomic E-state index is 10.0. The van der Waals surface area contributed by atoms with E-state index in [0.29, 0.717) is 19.8 Å². The van der Waals surface area contributed by atoms with Gasteiger partial charge in [0, 0.05) is 19.6 Å². The number of aliphatic hydroxyl groups excluding tert-OH is 1. The number of rotatable bonds is 6. The Kier molecular flexibility index (Phi) is 5.43. The molecular formula is C15H25NO3. The molecule has 0 amide bonds. The quantitative estimate of drug-likeness (QED) is 0.857. The van der Waals surface area contributed by atoms with E-state index in [2.05, 4.69) is 18.7 Å². The zero-order valence-electron chi connectivity index (χ0n) is 11.9. The highest BCUT2D eigenvalue weighted by Gasteiger charge is 2.23. The van der Waals surface area contributed by atoms with E-state index < -0.39 is 6.10 Å². The largest absolute Gasteiger partial charge is 0.467 e. The monoisotopic (exact) mass is 267 g/mol. The van der Waals surface area contributed by atoms with Crippen LogP contribution in [0.1, 0.15) is 26.0 Å². The molecule has 19 heavy (non-hydrogen) atoms. The molecule has 1 aromatic rings. The molecule has 1 saturated heterocycles. The first-order valence-corrected chi connectivity index (χ1v) is 7.14. The normalized spacial score (nSPS) is 26.5. The highest BCUT2D eigenvalue weighted by atomic mass is 16.5. The maximum Gasteiger partial charge on any atom is 0.129 e. The molecule has 0 saturated carbocycles. The van der Waals surface area contributed by atoms with E-state index in [4.69, 9.17) is 9.15 Å². The van der Waals surface area contributed by atoms with Gasteiger partial charge in [0.1, 0.15) is 12.4 Å². The first-order chi connectivity index (χ1) is 9.13. The smallest absolute Gasteiger partial charge is 0.129 e. The van der Waals surface area contributed by atoms with Crippen LogP contribution >= 0.6 is 0 Å². The minimum Gasteiger partial charge on any atom is -0.467 e. The third-order valence-electron chi connectivity index (χ3n) is 3.55. The van der Waals surface area contributed by atoms with Crippen LogP contribution < -0.4 is 0 Å². The fourth-order valence-corrected chi connectivity index (χ4v) is 2.98. The molecule has 3 unspecified atom stereocenters. The summed E-state index contributed by atoms with van der Waals surface area (Å²) in [7, 11) is 0. The predicted molar refractivity (Wildman–Crippen MR) is 73.8 cm³/mol. The van der Waals surface area contributed by atoms with Gasteiger partial charge in [-0.25, -0.2) is 0 Å². The lowest BCUT2D eigenvalue weighted by Gasteiger charge is -2.35. The van der Waals surface area contributed by atoms with Crippen LogP contribution in [0.5, 0.6) is 0 Å². The van der Waals surface area contributed by atoms with Crippen LogP contribution in [0, 0.1) is 11.8 Å². The van der Waals surface area contributed by atoms with E-state index in [1.54, 1.807) is 6.26 Å². The molecular weight excluding hydrogens is 242 g/mol. The van der Waals surface area contributed by atoms with Gasteiger partial charge in [0.2, 0.25) is 0 Å². The molecule has 1 aromatic heterocycles. The van der Waals surface area contributed by atoms with Crippen molar-refractivity contribution < 1.29 is 14.3 Å². The Balaban J connectivity index is 1.64. The molecule has 0 aliphatic carbocycles. The third kappa shape index (κ3) is 4.97. The Morgan fingerprint density at radius 2 is 2.16 bits per heavy atom. The van der Waals surface area contributed by atoms with Gasteiger partial charge in [-0.15, -0.1) is 0 Å². The molecule has 1 aliphatic heterocycles. The van der Waals surface area contributed by atoms with Crippen molar-refractivity contribution in [3.63, 3.8) is 0 Å². The van der Waals surface area contributed by atoms with Crippen molar-refractivity contribution in [1.82, 2.24) is 4.90 Å². The van der Waals surface area contributed by atoms with Crippen LogP contribution in [-0.4, -0.2) is 42.4 Å². The standard InChI is InChI=1S/C15H25NO3/c1-12-6-13(2)8-16(7-12)9-14(17)10-18-11-15-4-3-5-19-15/h3-5,12-14,17H,6-11H2,1-2H3. The van der Waals surface area contributed by atoms with Crippen molar-refractivity contribution in [3.8, 4) is 0 Å². The summed E-state index contributed by atoms with van der Waals surface area (Å²) in [5.41, 5.74) is 0. The van der Waals surface area contributed by atoms with Gasteiger partial charge < -0.3 is 19.2 Å². The van der Waals surface area contributed by atoms with Gasteiger partial charge in [-0.3, -0.25) is 0 Å². The molecule has 1 fully saturated rings. The lowest BCUT2D eigenvalue weighted by atomic mass is 9.92. The van der Waals surface area contributed by atoms with Crippen LogP contribution in [0.3, 0.4) is 0 Å². The van der Waals surface area contributed by atoms with E-state index in [0.717, 1.165) is 30.7 Å². The van der Waals surface area contributed by atoms with E-state index in [9.17, 15) is 5.11 Å². The van der Waals surface area contributed by atoms with Crippen molar-refractivity contribution in [3.05, 3.63) is 24.2 Å². The van der Waals surface area contributed by atoms with E-state index in [1.807, 2.05) is 12.1 Å². The number of likely N-dealkylation sites (tertiary alicyclic amines) is 1. The van der Waals surface area contributed by atoms with Gasteiger partial charge in [0.15, 0.2) is 0 Å². The number of aliphatic hydroxyl groups is 1. The Hall–Kier alpha value is -0.840. The summed E-state index contributed by atoms with van der Waals surface area (Å²) in [5.74, 6) is 2.24. The minimum absolute atomic E-state index is 0.361. The van der Waals surface area contributed by atoms with Gasteiger partial charge in [-0.05, 0) is 30.4 Å². The molecule has 4 heteroatoms. The number of nitrogens with zero attached hydrogens (tertiary/aromatic N) is 1. The SMILES string of the molecule is CC1CC(C)CN(CC(O)COCc2ccco2)C1. The number of piperidine rings is 1. The highest BCUT2D eigenvalue weighted by molar-refractivity contribution is 4.96. The molecule has 2 rings (SSSR count). The summed E-state index contributed by atoms with van der Waals surface area (Å²) in [6, 6.07) is 3.71. The molecule has 1 N–H and O–H groups in total. The summed E-state index contributed by atoms with van der Waals surface area (Å²) in [6.45, 7) is 8.22. The predicted octanol–water partition coefficient (Wildman–Crippen LogP) is 2.13. The molecule has 108 valence electrons. The molecule has 0 spiro atoms. The Morgan fingerprint density at radius 1 is 1.42 bits per heavy atom. The van der Waals surface area contributed by atoms with Crippen LogP contribution in [0.2, 0.25) is 0 Å². The number of hydrogen-bond acceptors (Lipinski definition) is 4. The van der Waals surface area contributed by atoms with Crippen LogP contribution in [-0.2, 0) is 11.3 Å². The van der Waals surface area contributed by atoms with Crippen molar-refractivity contribution in [2.45, 2.75) is 33.0 Å². The van der Waals surface area contributed by atoms with Crippen LogP contribution in [0.4, 0.5) is 0 Å². The minimum atomic E-state index is -0.424. The van der Waals surface area contributed by atoms with Crippen molar-refractivity contribution in [2.75, 3.05) is 26.2 Å². The second-order valence-corrected chi connectivity index (χ2v) is 5.91. The number of furan rings is 1. The molecule has 4 nitrogen and oxygen atoms in total. The third-order valence-corrected chi connectivity index (χ3v) is 3.55. The zero-order chi connectivity index (χ0) is 13.7. The second kappa shape index (κ2) is 7.08. The van der Waals surface area contributed by atoms with Gasteiger partial charge in [0.25, 0.3) is 0 Å². The average molecular weight is 267 g/mol. The molecule has 0 radical (unpaired) electrons. The van der Waals surface area contributed by atoms with Crippen molar-refractivity contribution in [1.29, 1.82) is 0 Å². The first kappa shape index (κ1) is 14.6. The van der Waals surface area contributed by atoms with E-state index >= 15 is 0 Å². The highest BCUT2D eigenvalue weighted by Crippen LogP contribution is 2.20. The Labute approximate surface area is 115 Å². The maximum absolute atomic E-state index is 10.0. The Morgan fingerprint density at radius 3 is 2.79 bits per heavy atom. The van der Waals surface area contributed by atoms with Gasteiger partial charge in [0.05, 0.1) is 19.0 Å². The molecule has 3 atom stereocenters. The van der Waals surface area contributed by atoms with E-state index in [-0.39, 0.29) is 0 Å². The second-order valence-electron chi connectivity index (χ2n) is 5.91. The van der Waals surface area contributed by atoms with E-state index in [1.165, 1.54) is 6.42 Å². The van der Waals surface area contributed by atoms with Gasteiger partial charge >= 0.3 is 0 Å². The lowest BCUT2D eigenvalue weighted by Crippen LogP contribution is -2.43. The molecule has 0 bridgehead atoms. The van der Waals surface area contributed by atoms with Gasteiger partial charge in [-0.2, -0.15) is 0 Å². The van der Waals surface area contributed by atoms with Crippen LogP contribution in [0.15, 0.2) is 22.8 Å². The van der Waals surface area contributed by atoms with Crippen molar-refractivity contribution >= 4 is 0 Å². The summed E-state index contributed by atoms with van der Waals surface area (Å²) in [4.78, 5) is 2.35. The summed E-state index contributed by atoms with van der Waals surface area (Å²) >= 11 is 0. The number of β-amino-alcohol motifs (C(OH)–C–C–N with tert-alkyl or cyclic N) is 1. The summed E-state index contributed by atoms with van der Waals surface area (Å²) < 4.78 is 10.6. The van der Waals surface area contributed by atoms with Crippen LogP contribution in [0.25, 0.3) is 0 Å². The Bertz CT molecular complexity index is 342. The fourth-order valence-electron chi connectivity index (χ4n) is 2.98. The van der Waals surface area contributed by atoms with Crippen molar-refractivity contribution in [2.24, 2.45) is 11.8 Å². The number of ether oxygens (including phenoxy) is 1. The lowest BCUT2D eigenvalue weighted by molar-refractivity contribution is -0.00476. The molecule has 0 aromatic carbocycles. The summed E-state index contributed by atoms with van der Waals surface area (Å²) in [5, 5.41) is 10.0. The fraction of sp³-hybridized carbons (Fsp3) is 0.733. The first-order valence-electron chi connectivity index (χ1n) is 7.14. The number of hydrogen-bond donors (Lipinski definition) is 1. The molecule has 2 heterocycles. The molecule has 1 aliphatic rings.